The smallest absolute Gasteiger partial charge is 0.246 e. The molecule has 0 aliphatic carbocycles. The first-order valence-electron chi connectivity index (χ1n) is 7.34. The summed E-state index contributed by atoms with van der Waals surface area (Å²) in [6.45, 7) is 8.78. The van der Waals surface area contributed by atoms with Crippen molar-refractivity contribution in [1.29, 1.82) is 0 Å². The number of unbranched alkanes of at least 4 members (excludes halogenated alkanes) is 4. The number of hydrogen-bond acceptors (Lipinski definition) is 1. The summed E-state index contributed by atoms with van der Waals surface area (Å²) in [7, 11) is 0. The molecule has 1 amide bonds. The maximum Gasteiger partial charge on any atom is 0.246 e. The Morgan fingerprint density at radius 1 is 1.05 bits per heavy atom. The fourth-order valence-corrected chi connectivity index (χ4v) is 2.14. The van der Waals surface area contributed by atoms with E-state index in [9.17, 15) is 4.79 Å². The monoisotopic (exact) mass is 271 g/mol. The Morgan fingerprint density at radius 3 is 2.40 bits per heavy atom. The van der Waals surface area contributed by atoms with Gasteiger partial charge in [-0.05, 0) is 30.9 Å². The number of amides is 1. The number of carbonyl (C=O) groups excluding carboxylic acids is 1. The fourth-order valence-electron chi connectivity index (χ4n) is 2.14. The van der Waals surface area contributed by atoms with Gasteiger partial charge in [0.05, 0.1) is 0 Å². The number of carbonyl (C=O) groups is 1. The van der Waals surface area contributed by atoms with E-state index in [0.717, 1.165) is 31.4 Å². The Kier molecular flexibility index (Phi) is 8.13. The van der Waals surface area contributed by atoms with Gasteiger partial charge in [0, 0.05) is 13.1 Å². The molecule has 2 heteroatoms. The molecule has 0 aromatic heterocycles. The van der Waals surface area contributed by atoms with Gasteiger partial charge in [0.2, 0.25) is 5.91 Å². The summed E-state index contributed by atoms with van der Waals surface area (Å²) in [5, 5.41) is 0. The van der Waals surface area contributed by atoms with Crippen LogP contribution in [0.3, 0.4) is 0 Å². The summed E-state index contributed by atoms with van der Waals surface area (Å²) in [5.41, 5.74) is 1.16. The van der Waals surface area contributed by atoms with Crippen molar-refractivity contribution in [1.82, 2.24) is 4.90 Å². The Hall–Kier alpha value is -1.83. The van der Waals surface area contributed by atoms with Crippen LogP contribution in [-0.2, 0) is 11.3 Å². The lowest BCUT2D eigenvalue weighted by Crippen LogP contribution is -2.29. The van der Waals surface area contributed by atoms with E-state index in [2.05, 4.69) is 13.2 Å². The minimum atomic E-state index is 0.0138. The predicted molar refractivity (Wildman–Crippen MR) is 85.3 cm³/mol. The average Bonchev–Trinajstić information content (AvgIpc) is 2.49. The van der Waals surface area contributed by atoms with Crippen molar-refractivity contribution in [2.75, 3.05) is 6.54 Å². The first-order valence-corrected chi connectivity index (χ1v) is 7.34. The van der Waals surface area contributed by atoms with Gasteiger partial charge in [-0.15, -0.1) is 6.58 Å². The molecule has 0 unspecified atom stereocenters. The molecule has 0 fully saturated rings. The molecule has 2 nitrogen and oxygen atoms in total. The van der Waals surface area contributed by atoms with E-state index in [4.69, 9.17) is 0 Å². The van der Waals surface area contributed by atoms with Crippen LogP contribution in [0.15, 0.2) is 55.6 Å². The van der Waals surface area contributed by atoms with Crippen LogP contribution in [-0.4, -0.2) is 17.4 Å². The van der Waals surface area contributed by atoms with Gasteiger partial charge in [-0.3, -0.25) is 4.79 Å². The second kappa shape index (κ2) is 10.0. The molecule has 20 heavy (non-hydrogen) atoms. The quantitative estimate of drug-likeness (QED) is 0.352. The molecule has 0 aliphatic heterocycles. The number of rotatable bonds is 10. The highest BCUT2D eigenvalue weighted by Gasteiger charge is 2.10. The highest BCUT2D eigenvalue weighted by atomic mass is 16.2. The topological polar surface area (TPSA) is 20.3 Å². The van der Waals surface area contributed by atoms with E-state index in [0.29, 0.717) is 6.54 Å². The molecule has 0 saturated heterocycles. The van der Waals surface area contributed by atoms with Crippen molar-refractivity contribution in [2.24, 2.45) is 0 Å². The van der Waals surface area contributed by atoms with Crippen molar-refractivity contribution >= 4 is 5.91 Å². The van der Waals surface area contributed by atoms with Crippen molar-refractivity contribution in [3.05, 3.63) is 61.2 Å². The molecular formula is C18H25NO. The van der Waals surface area contributed by atoms with Crippen LogP contribution in [0.25, 0.3) is 0 Å². The van der Waals surface area contributed by atoms with Crippen LogP contribution >= 0.6 is 0 Å². The van der Waals surface area contributed by atoms with Crippen molar-refractivity contribution in [2.45, 2.75) is 38.6 Å². The van der Waals surface area contributed by atoms with Crippen LogP contribution in [0, 0.1) is 0 Å². The lowest BCUT2D eigenvalue weighted by molar-refractivity contribution is -0.126. The number of allylic oxidation sites excluding steroid dienone is 1. The van der Waals surface area contributed by atoms with Gasteiger partial charge < -0.3 is 4.90 Å². The van der Waals surface area contributed by atoms with Crippen LogP contribution in [0.4, 0.5) is 0 Å². The highest BCUT2D eigenvalue weighted by molar-refractivity contribution is 5.86. The van der Waals surface area contributed by atoms with Gasteiger partial charge in [0.15, 0.2) is 0 Å². The standard InChI is InChI=1S/C18H25NO/c1-3-5-6-7-8-12-15-19(18(20)4-2)16-17-13-10-9-11-14-17/h3-4,9-11,13-14H,1-2,5-8,12,15-16H2. The number of benzene rings is 1. The lowest BCUT2D eigenvalue weighted by atomic mass is 10.1. The Labute approximate surface area is 122 Å². The van der Waals surface area contributed by atoms with Gasteiger partial charge in [0.25, 0.3) is 0 Å². The molecule has 108 valence electrons. The molecule has 0 radical (unpaired) electrons. The number of nitrogens with zero attached hydrogens (tertiary/aromatic N) is 1. The Morgan fingerprint density at radius 2 is 1.75 bits per heavy atom. The van der Waals surface area contributed by atoms with Crippen LogP contribution in [0.2, 0.25) is 0 Å². The molecule has 1 rings (SSSR count). The summed E-state index contributed by atoms with van der Waals surface area (Å²) in [5.74, 6) is 0.0138. The van der Waals surface area contributed by atoms with Crippen molar-refractivity contribution in [3.8, 4) is 0 Å². The minimum Gasteiger partial charge on any atom is -0.335 e. The van der Waals surface area contributed by atoms with Gasteiger partial charge in [-0.1, -0.05) is 55.8 Å². The third-order valence-electron chi connectivity index (χ3n) is 3.29. The first-order chi connectivity index (χ1) is 9.77. The van der Waals surface area contributed by atoms with Crippen LogP contribution in [0.5, 0.6) is 0 Å². The summed E-state index contributed by atoms with van der Waals surface area (Å²) >= 11 is 0. The molecular weight excluding hydrogens is 246 g/mol. The second-order valence-corrected chi connectivity index (χ2v) is 4.94. The predicted octanol–water partition coefficient (Wildman–Crippen LogP) is 4.34. The normalized spacial score (nSPS) is 10.0. The molecule has 0 atom stereocenters. The van der Waals surface area contributed by atoms with Gasteiger partial charge in [-0.2, -0.15) is 0 Å². The maximum atomic E-state index is 11.9. The first kappa shape index (κ1) is 16.2. The van der Waals surface area contributed by atoms with Crippen LogP contribution < -0.4 is 0 Å². The molecule has 0 saturated carbocycles. The zero-order chi connectivity index (χ0) is 14.6. The van der Waals surface area contributed by atoms with E-state index in [1.807, 2.05) is 41.3 Å². The second-order valence-electron chi connectivity index (χ2n) is 4.94. The molecule has 0 N–H and O–H groups in total. The third kappa shape index (κ3) is 6.37. The fraction of sp³-hybridized carbons (Fsp3) is 0.389. The molecule has 1 aromatic carbocycles. The largest absolute Gasteiger partial charge is 0.335 e. The Bertz CT molecular complexity index is 411. The zero-order valence-corrected chi connectivity index (χ0v) is 12.3. The van der Waals surface area contributed by atoms with Gasteiger partial charge >= 0.3 is 0 Å². The summed E-state index contributed by atoms with van der Waals surface area (Å²) in [6.07, 6.45) is 9.04. The lowest BCUT2D eigenvalue weighted by Gasteiger charge is -2.21. The molecule has 0 heterocycles. The third-order valence-corrected chi connectivity index (χ3v) is 3.29. The van der Waals surface area contributed by atoms with Gasteiger partial charge in [-0.25, -0.2) is 0 Å². The van der Waals surface area contributed by atoms with E-state index in [-0.39, 0.29) is 5.91 Å². The summed E-state index contributed by atoms with van der Waals surface area (Å²) in [4.78, 5) is 13.7. The van der Waals surface area contributed by atoms with Crippen molar-refractivity contribution in [3.63, 3.8) is 0 Å². The van der Waals surface area contributed by atoms with E-state index in [1.165, 1.54) is 18.9 Å². The summed E-state index contributed by atoms with van der Waals surface area (Å²) < 4.78 is 0. The SMILES string of the molecule is C=CCCCCCCN(Cc1ccccc1)C(=O)C=C. The molecule has 0 bridgehead atoms. The molecule has 0 aliphatic rings. The number of hydrogen-bond donors (Lipinski definition) is 0. The minimum absolute atomic E-state index is 0.0138. The van der Waals surface area contributed by atoms with Crippen molar-refractivity contribution < 1.29 is 4.79 Å². The average molecular weight is 271 g/mol. The van der Waals surface area contributed by atoms with Crippen LogP contribution in [0.1, 0.15) is 37.7 Å². The van der Waals surface area contributed by atoms with E-state index in [1.54, 1.807) is 0 Å². The summed E-state index contributed by atoms with van der Waals surface area (Å²) in [6, 6.07) is 10.1. The Balaban J connectivity index is 2.39. The van der Waals surface area contributed by atoms with Gasteiger partial charge in [0.1, 0.15) is 0 Å². The van der Waals surface area contributed by atoms with E-state index >= 15 is 0 Å². The maximum absolute atomic E-state index is 11.9. The highest BCUT2D eigenvalue weighted by Crippen LogP contribution is 2.09. The molecule has 0 spiro atoms. The molecule has 1 aromatic rings. The van der Waals surface area contributed by atoms with E-state index < -0.39 is 0 Å². The zero-order valence-electron chi connectivity index (χ0n) is 12.3.